The number of nitrogens with one attached hydrogen (secondary N) is 2. The van der Waals surface area contributed by atoms with E-state index in [2.05, 4.69) is 15.6 Å². The average molecular weight is 551 g/mol. The van der Waals surface area contributed by atoms with Crippen LogP contribution in [0, 0.1) is 13.8 Å². The summed E-state index contributed by atoms with van der Waals surface area (Å²) in [7, 11) is -2.20. The lowest BCUT2D eigenvalue weighted by atomic mass is 10.0. The first kappa shape index (κ1) is 27.0. The largest absolute Gasteiger partial charge is 0.497 e. The summed E-state index contributed by atoms with van der Waals surface area (Å²) in [6, 6.07) is 11.2. The molecule has 0 atom stereocenters. The fourth-order valence-electron chi connectivity index (χ4n) is 5.05. The van der Waals surface area contributed by atoms with Crippen molar-refractivity contribution < 1.29 is 22.4 Å². The molecule has 10 heteroatoms. The van der Waals surface area contributed by atoms with Crippen LogP contribution in [0.5, 0.6) is 5.75 Å². The molecule has 1 saturated carbocycles. The summed E-state index contributed by atoms with van der Waals surface area (Å²) >= 11 is 0. The van der Waals surface area contributed by atoms with Gasteiger partial charge in [-0.2, -0.15) is 4.31 Å². The van der Waals surface area contributed by atoms with Crippen molar-refractivity contribution in [3.8, 4) is 5.75 Å². The third-order valence-electron chi connectivity index (χ3n) is 7.10. The van der Waals surface area contributed by atoms with Crippen molar-refractivity contribution in [3.05, 3.63) is 82.3 Å². The first-order valence-corrected chi connectivity index (χ1v) is 14.6. The number of rotatable bonds is 11. The number of hydrogen-bond donors (Lipinski definition) is 2. The second-order valence-corrected chi connectivity index (χ2v) is 11.9. The van der Waals surface area contributed by atoms with Crippen LogP contribution < -0.4 is 15.4 Å². The highest BCUT2D eigenvalue weighted by Gasteiger charge is 2.40. The van der Waals surface area contributed by atoms with Crippen LogP contribution in [-0.4, -0.2) is 57.3 Å². The van der Waals surface area contributed by atoms with Crippen LogP contribution in [0.3, 0.4) is 0 Å². The molecule has 1 amide bonds. The highest BCUT2D eigenvalue weighted by Crippen LogP contribution is 2.37. The minimum Gasteiger partial charge on any atom is -0.497 e. The second kappa shape index (κ2) is 11.2. The van der Waals surface area contributed by atoms with Gasteiger partial charge in [0.1, 0.15) is 17.8 Å². The molecule has 9 nitrogen and oxygen atoms in total. The maximum absolute atomic E-state index is 14.1. The van der Waals surface area contributed by atoms with Crippen molar-refractivity contribution in [2.45, 2.75) is 50.6 Å². The van der Waals surface area contributed by atoms with Gasteiger partial charge in [0.15, 0.2) is 0 Å². The first-order valence-electron chi connectivity index (χ1n) is 13.2. The Morgan fingerprint density at radius 3 is 2.56 bits per heavy atom. The predicted molar refractivity (Wildman–Crippen MR) is 149 cm³/mol. The monoisotopic (exact) mass is 550 g/mol. The van der Waals surface area contributed by atoms with Gasteiger partial charge in [-0.15, -0.1) is 0 Å². The number of methoxy groups -OCH3 is 1. The maximum atomic E-state index is 14.1. The molecule has 2 aromatic carbocycles. The van der Waals surface area contributed by atoms with Crippen molar-refractivity contribution in [3.63, 3.8) is 0 Å². The molecule has 39 heavy (non-hydrogen) atoms. The maximum Gasteiger partial charge on any atom is 0.254 e. The van der Waals surface area contributed by atoms with Crippen molar-refractivity contribution in [2.24, 2.45) is 4.99 Å². The standard InChI is InChI=1S/C29H34N4O5S/c1-19-14-25(37-3)15-20(2)27(19)39(35,36)33(24-5-6-24)17-23-16-21(4-7-26(23)28-30-11-12-31-28)8-10-32-29(34)22-9-13-38-18-22/h4,7,9,13-16,18,24H,5-6,8,10-12,17H2,1-3H3,(H,30,31)(H,32,34). The number of carbonyl (C=O) groups is 1. The summed E-state index contributed by atoms with van der Waals surface area (Å²) in [4.78, 5) is 17.2. The number of ether oxygens (including phenoxy) is 1. The number of nitrogens with zero attached hydrogens (tertiary/aromatic N) is 2. The molecule has 2 N–H and O–H groups in total. The summed E-state index contributed by atoms with van der Waals surface area (Å²) in [5.41, 5.74) is 4.61. The summed E-state index contributed by atoms with van der Waals surface area (Å²) < 4.78 is 40.2. The zero-order chi connectivity index (χ0) is 27.6. The fourth-order valence-corrected chi connectivity index (χ4v) is 7.13. The molecule has 0 spiro atoms. The first-order chi connectivity index (χ1) is 18.8. The lowest BCUT2D eigenvalue weighted by Crippen LogP contribution is -2.34. The fraction of sp³-hybridized carbons (Fsp3) is 0.379. The highest BCUT2D eigenvalue weighted by atomic mass is 32.2. The molecular formula is C29H34N4O5S. The lowest BCUT2D eigenvalue weighted by molar-refractivity contribution is 0.0953. The van der Waals surface area contributed by atoms with Crippen molar-refractivity contribution >= 4 is 21.8 Å². The number of sulfonamides is 1. The van der Waals surface area contributed by atoms with Gasteiger partial charge in [-0.05, 0) is 73.6 Å². The predicted octanol–water partition coefficient (Wildman–Crippen LogP) is 3.58. The van der Waals surface area contributed by atoms with Crippen molar-refractivity contribution in [1.82, 2.24) is 14.9 Å². The third-order valence-corrected chi connectivity index (χ3v) is 9.30. The zero-order valence-electron chi connectivity index (χ0n) is 22.5. The Morgan fingerprint density at radius 2 is 1.95 bits per heavy atom. The highest BCUT2D eigenvalue weighted by molar-refractivity contribution is 7.89. The van der Waals surface area contributed by atoms with Crippen LogP contribution in [0.25, 0.3) is 0 Å². The van der Waals surface area contributed by atoms with Gasteiger partial charge < -0.3 is 19.8 Å². The Kier molecular flexibility index (Phi) is 7.76. The van der Waals surface area contributed by atoms with Gasteiger partial charge in [0.25, 0.3) is 5.91 Å². The van der Waals surface area contributed by atoms with E-state index in [-0.39, 0.29) is 18.5 Å². The van der Waals surface area contributed by atoms with Gasteiger partial charge in [-0.25, -0.2) is 8.42 Å². The Hall–Kier alpha value is -3.63. The summed E-state index contributed by atoms with van der Waals surface area (Å²) in [5, 5.41) is 6.24. The second-order valence-electron chi connectivity index (χ2n) is 10.0. The summed E-state index contributed by atoms with van der Waals surface area (Å²) in [6.45, 7) is 5.75. The van der Waals surface area contributed by atoms with Gasteiger partial charge in [-0.1, -0.05) is 18.2 Å². The minimum atomic E-state index is -3.78. The quantitative estimate of drug-likeness (QED) is 0.377. The van der Waals surface area contributed by atoms with Crippen molar-refractivity contribution in [2.75, 3.05) is 26.7 Å². The Balaban J connectivity index is 1.43. The van der Waals surface area contributed by atoms with Crippen LogP contribution in [0.15, 0.2) is 63.2 Å². The van der Waals surface area contributed by atoms with E-state index >= 15 is 0 Å². The van der Waals surface area contributed by atoms with E-state index in [0.29, 0.717) is 46.8 Å². The number of hydrogen-bond acceptors (Lipinski definition) is 7. The Bertz CT molecular complexity index is 1470. The minimum absolute atomic E-state index is 0.0415. The molecule has 5 rings (SSSR count). The van der Waals surface area contributed by atoms with Crippen LogP contribution in [0.4, 0.5) is 0 Å². The van der Waals surface area contributed by atoms with Gasteiger partial charge in [0.05, 0.1) is 30.4 Å². The van der Waals surface area contributed by atoms with E-state index < -0.39 is 10.0 Å². The number of amidine groups is 1. The molecule has 0 unspecified atom stereocenters. The molecule has 1 aliphatic heterocycles. The zero-order valence-corrected chi connectivity index (χ0v) is 23.3. The molecule has 1 aromatic heterocycles. The smallest absolute Gasteiger partial charge is 0.254 e. The van der Waals surface area contributed by atoms with Crippen LogP contribution >= 0.6 is 0 Å². The number of benzene rings is 2. The van der Waals surface area contributed by atoms with Gasteiger partial charge in [0.2, 0.25) is 10.0 Å². The van der Waals surface area contributed by atoms with E-state index in [0.717, 1.165) is 41.9 Å². The third kappa shape index (κ3) is 5.86. The molecule has 2 aliphatic rings. The molecule has 0 saturated heterocycles. The molecule has 206 valence electrons. The van der Waals surface area contributed by atoms with Crippen LogP contribution in [-0.2, 0) is 23.0 Å². The number of furan rings is 1. The molecular weight excluding hydrogens is 516 g/mol. The normalized spacial score (nSPS) is 15.2. The van der Waals surface area contributed by atoms with Gasteiger partial charge >= 0.3 is 0 Å². The molecule has 1 aliphatic carbocycles. The topological polar surface area (TPSA) is 113 Å². The SMILES string of the molecule is COc1cc(C)c(S(=O)(=O)N(Cc2cc(CCNC(=O)c3ccoc3)ccc2C2=NCCN2)C2CC2)c(C)c1. The van der Waals surface area contributed by atoms with Crippen LogP contribution in [0.1, 0.15) is 51.0 Å². The van der Waals surface area contributed by atoms with E-state index in [4.69, 9.17) is 9.15 Å². The van der Waals surface area contributed by atoms with Crippen molar-refractivity contribution in [1.29, 1.82) is 0 Å². The van der Waals surface area contributed by atoms with E-state index in [1.54, 1.807) is 29.6 Å². The summed E-state index contributed by atoms with van der Waals surface area (Å²) in [6.07, 6.45) is 5.15. The molecule has 2 heterocycles. The van der Waals surface area contributed by atoms with E-state index in [9.17, 15) is 13.2 Å². The Morgan fingerprint density at radius 1 is 1.18 bits per heavy atom. The molecule has 3 aromatic rings. The lowest BCUT2D eigenvalue weighted by Gasteiger charge is -2.26. The number of amides is 1. The van der Waals surface area contributed by atoms with Gasteiger partial charge in [0, 0.05) is 31.2 Å². The van der Waals surface area contributed by atoms with Gasteiger partial charge in [-0.3, -0.25) is 9.79 Å². The summed E-state index contributed by atoms with van der Waals surface area (Å²) in [5.74, 6) is 1.23. The van der Waals surface area contributed by atoms with Crippen LogP contribution in [0.2, 0.25) is 0 Å². The van der Waals surface area contributed by atoms with E-state index in [1.165, 1.54) is 12.5 Å². The number of aliphatic imine (C=N–C) groups is 1. The molecule has 1 fully saturated rings. The molecule has 0 radical (unpaired) electrons. The Labute approximate surface area is 229 Å². The number of carbonyl (C=O) groups excluding carboxylic acids is 1. The van der Waals surface area contributed by atoms with E-state index in [1.807, 2.05) is 32.0 Å². The average Bonchev–Trinajstić information content (AvgIpc) is 3.34. The number of aryl methyl sites for hydroxylation is 2. The molecule has 0 bridgehead atoms.